The summed E-state index contributed by atoms with van der Waals surface area (Å²) >= 11 is 1.42. The highest BCUT2D eigenvalue weighted by Gasteiger charge is 2.24. The van der Waals surface area contributed by atoms with Gasteiger partial charge in [-0.2, -0.15) is 0 Å². The maximum atomic E-state index is 13.8. The van der Waals surface area contributed by atoms with E-state index in [2.05, 4.69) is 10.3 Å². The Bertz CT molecular complexity index is 1250. The van der Waals surface area contributed by atoms with Gasteiger partial charge in [0.1, 0.15) is 5.75 Å². The molecule has 0 spiro atoms. The second kappa shape index (κ2) is 12.5. The Morgan fingerprint density at radius 2 is 1.94 bits per heavy atom. The minimum Gasteiger partial charge on any atom is -0.484 e. The van der Waals surface area contributed by atoms with E-state index in [9.17, 15) is 13.4 Å². The topological polar surface area (TPSA) is 81.6 Å². The predicted octanol–water partition coefficient (Wildman–Crippen LogP) is 5.01. The van der Waals surface area contributed by atoms with Gasteiger partial charge in [-0.05, 0) is 85.5 Å². The van der Waals surface area contributed by atoms with Gasteiger partial charge in [-0.3, -0.25) is 13.4 Å². The molecular weight excluding hydrogens is 481 g/mol. The number of rotatable bonds is 12. The van der Waals surface area contributed by atoms with Crippen molar-refractivity contribution in [1.29, 1.82) is 0 Å². The molecule has 2 aromatic heterocycles. The number of nitrogens with one attached hydrogen (secondary N) is 1. The third-order valence-corrected chi connectivity index (χ3v) is 6.49. The number of ether oxygens (including phenoxy) is 1. The molecule has 1 aromatic carbocycles. The van der Waals surface area contributed by atoms with Gasteiger partial charge < -0.3 is 20.3 Å². The van der Waals surface area contributed by atoms with Crippen LogP contribution in [0.2, 0.25) is 0 Å². The summed E-state index contributed by atoms with van der Waals surface area (Å²) in [5.74, 6) is 0.409. The van der Waals surface area contributed by atoms with E-state index in [-0.39, 0.29) is 12.5 Å². The van der Waals surface area contributed by atoms with Crippen molar-refractivity contribution < 1.29 is 18.2 Å². The summed E-state index contributed by atoms with van der Waals surface area (Å²) in [6.07, 6.45) is 8.13. The van der Waals surface area contributed by atoms with Crippen LogP contribution in [-0.2, 0) is 4.79 Å². The van der Waals surface area contributed by atoms with E-state index in [0.29, 0.717) is 35.9 Å². The van der Waals surface area contributed by atoms with Crippen LogP contribution in [0.15, 0.2) is 76.8 Å². The zero-order chi connectivity index (χ0) is 25.3. The fraction of sp³-hybridized carbons (Fsp3) is 0.231. The Labute approximate surface area is 213 Å². The molecule has 4 rings (SSSR count). The van der Waals surface area contributed by atoms with E-state index in [0.717, 1.165) is 39.9 Å². The molecule has 0 atom stereocenters. The summed E-state index contributed by atoms with van der Waals surface area (Å²) in [5.41, 5.74) is 8.49. The molecule has 1 aliphatic rings. The van der Waals surface area contributed by atoms with Gasteiger partial charge >= 0.3 is 7.40 Å². The second-order valence-electron chi connectivity index (χ2n) is 8.18. The van der Waals surface area contributed by atoms with E-state index >= 15 is 0 Å². The van der Waals surface area contributed by atoms with Gasteiger partial charge in [0, 0.05) is 22.7 Å². The molecule has 6 nitrogen and oxygen atoms in total. The highest BCUT2D eigenvalue weighted by Crippen LogP contribution is 2.29. The monoisotopic (exact) mass is 508 g/mol. The molecule has 1 aliphatic heterocycles. The lowest BCUT2D eigenvalue weighted by atomic mass is 10.1. The molecular formula is C26H27BF2N4O2S. The van der Waals surface area contributed by atoms with E-state index in [4.69, 9.17) is 10.5 Å². The molecule has 3 heterocycles. The third kappa shape index (κ3) is 6.58. The first kappa shape index (κ1) is 25.6. The number of unbranched alkanes of at least 4 members (excludes halogenated alkanes) is 2. The number of hydrogen-bond acceptors (Lipinski definition) is 5. The Morgan fingerprint density at radius 3 is 2.67 bits per heavy atom. The molecule has 36 heavy (non-hydrogen) atoms. The number of thiophene rings is 1. The first-order chi connectivity index (χ1) is 17.5. The van der Waals surface area contributed by atoms with Crippen LogP contribution in [0.3, 0.4) is 0 Å². The van der Waals surface area contributed by atoms with Crippen LogP contribution < -0.4 is 15.8 Å². The van der Waals surface area contributed by atoms with Crippen molar-refractivity contribution in [2.24, 2.45) is 10.7 Å². The summed E-state index contributed by atoms with van der Waals surface area (Å²) in [7, 11) is -2.66. The van der Waals surface area contributed by atoms with Gasteiger partial charge in [0.15, 0.2) is 6.61 Å². The molecule has 0 radical (unpaired) electrons. The summed E-state index contributed by atoms with van der Waals surface area (Å²) in [5, 5.41) is 4.69. The number of aromatic nitrogens is 1. The number of carbonyl (C=O) groups is 1. The largest absolute Gasteiger partial charge is 0.678 e. The van der Waals surface area contributed by atoms with Gasteiger partial charge in [-0.1, -0.05) is 12.5 Å². The molecule has 3 N–H and O–H groups in total. The first-order valence-corrected chi connectivity index (χ1v) is 12.6. The smallest absolute Gasteiger partial charge is 0.484 e. The van der Waals surface area contributed by atoms with Crippen LogP contribution in [0.5, 0.6) is 5.75 Å². The average molecular weight is 508 g/mol. The van der Waals surface area contributed by atoms with Gasteiger partial charge in [-0.15, -0.1) is 11.3 Å². The molecule has 1 amide bonds. The normalized spacial score (nSPS) is 13.8. The third-order valence-electron chi connectivity index (χ3n) is 5.60. The van der Waals surface area contributed by atoms with Gasteiger partial charge in [0.05, 0.1) is 17.1 Å². The van der Waals surface area contributed by atoms with Crippen LogP contribution in [0.4, 0.5) is 8.63 Å². The number of amides is 1. The molecule has 0 saturated heterocycles. The lowest BCUT2D eigenvalue weighted by Gasteiger charge is -2.08. The molecule has 186 valence electrons. The number of benzene rings is 1. The van der Waals surface area contributed by atoms with Crippen LogP contribution in [0.25, 0.3) is 16.6 Å². The minimum absolute atomic E-state index is 0.0544. The number of halogens is 2. The molecule has 0 bridgehead atoms. The van der Waals surface area contributed by atoms with E-state index in [1.165, 1.54) is 11.3 Å². The fourth-order valence-electron chi connectivity index (χ4n) is 3.79. The van der Waals surface area contributed by atoms with Crippen LogP contribution >= 0.6 is 11.3 Å². The molecule has 3 aromatic rings. The maximum Gasteiger partial charge on any atom is 0.678 e. The summed E-state index contributed by atoms with van der Waals surface area (Å²) < 4.78 is 34.2. The van der Waals surface area contributed by atoms with E-state index in [1.54, 1.807) is 36.4 Å². The summed E-state index contributed by atoms with van der Waals surface area (Å²) in [6.45, 7) is 1.22. The highest BCUT2D eigenvalue weighted by atomic mass is 32.1. The molecule has 0 aliphatic carbocycles. The predicted molar refractivity (Wildman–Crippen MR) is 143 cm³/mol. The maximum absolute atomic E-state index is 13.8. The Hall–Kier alpha value is -3.50. The van der Waals surface area contributed by atoms with Crippen LogP contribution in [0, 0.1) is 0 Å². The lowest BCUT2D eigenvalue weighted by Crippen LogP contribution is -2.29. The number of nitrogens with zero attached hydrogens (tertiary/aromatic N) is 2. The number of aliphatic imine (C=N–C) groups is 1. The van der Waals surface area contributed by atoms with Crippen molar-refractivity contribution in [3.05, 3.63) is 83.0 Å². The Kier molecular flexibility index (Phi) is 8.86. The Morgan fingerprint density at radius 1 is 1.11 bits per heavy atom. The quantitative estimate of drug-likeness (QED) is 0.267. The van der Waals surface area contributed by atoms with Crippen molar-refractivity contribution in [2.45, 2.75) is 19.3 Å². The van der Waals surface area contributed by atoms with Crippen molar-refractivity contribution in [2.75, 3.05) is 19.7 Å². The van der Waals surface area contributed by atoms with Gasteiger partial charge in [-0.25, -0.2) is 4.99 Å². The molecule has 10 heteroatoms. The minimum atomic E-state index is -2.66. The van der Waals surface area contributed by atoms with Gasteiger partial charge in [0.2, 0.25) is 0 Å². The second-order valence-corrected chi connectivity index (χ2v) is 9.13. The standard InChI is InChI=1S/C26H27BF2N4O2S/c28-27(29)33-21(9-13-24(33)25-5-4-16-36-25)17-20-8-12-23(32-20)19-6-10-22(11-7-19)35-18-26(34)31-15-3-1-2-14-30/h4-13,16-17H,1-3,14-15,18,30H2,(H,31,34). The van der Waals surface area contributed by atoms with E-state index in [1.807, 2.05) is 35.7 Å². The number of allylic oxidation sites excluding steroid dienone is 2. The van der Waals surface area contributed by atoms with Crippen molar-refractivity contribution in [3.8, 4) is 16.3 Å². The number of carbonyl (C=O) groups excluding carboxylic acids is 1. The number of hydrogen-bond donors (Lipinski definition) is 2. The van der Waals surface area contributed by atoms with Crippen LogP contribution in [0.1, 0.15) is 30.5 Å². The molecule has 0 fully saturated rings. The van der Waals surface area contributed by atoms with Crippen molar-refractivity contribution in [3.63, 3.8) is 0 Å². The zero-order valence-corrected chi connectivity index (χ0v) is 20.5. The zero-order valence-electron chi connectivity index (χ0n) is 19.7. The molecule has 0 unspecified atom stereocenters. The molecule has 0 saturated carbocycles. The van der Waals surface area contributed by atoms with E-state index < -0.39 is 7.40 Å². The average Bonchev–Trinajstić information content (AvgIpc) is 3.64. The SMILES string of the molecule is NCCCCCNC(=O)COc1ccc(C2=NC(=Cc3ccc(-c4cccs4)n3B(F)F)C=C2)cc1. The number of nitrogens with two attached hydrogens (primary N) is 1. The van der Waals surface area contributed by atoms with Crippen molar-refractivity contribution >= 4 is 36.4 Å². The Balaban J connectivity index is 1.36. The highest BCUT2D eigenvalue weighted by molar-refractivity contribution is 7.13. The fourth-order valence-corrected chi connectivity index (χ4v) is 4.54. The van der Waals surface area contributed by atoms with Gasteiger partial charge in [0.25, 0.3) is 5.91 Å². The summed E-state index contributed by atoms with van der Waals surface area (Å²) in [6, 6.07) is 14.3. The van der Waals surface area contributed by atoms with Crippen LogP contribution in [-0.4, -0.2) is 43.2 Å². The first-order valence-electron chi connectivity index (χ1n) is 11.8. The summed E-state index contributed by atoms with van der Waals surface area (Å²) in [4.78, 5) is 17.3. The van der Waals surface area contributed by atoms with Crippen molar-refractivity contribution in [1.82, 2.24) is 9.79 Å². The lowest BCUT2D eigenvalue weighted by molar-refractivity contribution is -0.123.